The average Bonchev–Trinajstić information content (AvgIpc) is 1.56. The summed E-state index contributed by atoms with van der Waals surface area (Å²) in [7, 11) is 0. The van der Waals surface area contributed by atoms with Gasteiger partial charge in [0, 0.05) is 86.7 Å². The zero-order valence-corrected chi connectivity index (χ0v) is 88.9. The molecule has 0 saturated heterocycles. The van der Waals surface area contributed by atoms with E-state index in [0.29, 0.717) is 48.5 Å². The van der Waals surface area contributed by atoms with Crippen LogP contribution >= 0.6 is 68.0 Å². The van der Waals surface area contributed by atoms with Crippen molar-refractivity contribution in [3.8, 4) is 74.1 Å². The number of benzene rings is 5. The minimum Gasteiger partial charge on any atom is -0.490 e. The van der Waals surface area contributed by atoms with Crippen molar-refractivity contribution in [2.24, 2.45) is 23.7 Å². The Kier molecular flexibility index (Phi) is 36.6. The summed E-state index contributed by atoms with van der Waals surface area (Å²) in [5, 5.41) is 2.27. The highest BCUT2D eigenvalue weighted by atomic mass is 32.1. The van der Waals surface area contributed by atoms with Crippen molar-refractivity contribution < 1.29 is 28.7 Å². The van der Waals surface area contributed by atoms with Gasteiger partial charge < -0.3 is 29.1 Å². The topological polar surface area (TPSA) is 99.7 Å². The number of thiophene rings is 6. The summed E-state index contributed by atoms with van der Waals surface area (Å²) in [6.45, 7) is 33.7. The van der Waals surface area contributed by atoms with Crippen LogP contribution in [0, 0.1) is 23.7 Å². The minimum absolute atomic E-state index is 0.0665. The van der Waals surface area contributed by atoms with Crippen LogP contribution < -0.4 is 9.47 Å². The van der Waals surface area contributed by atoms with Gasteiger partial charge in [-0.1, -0.05) is 311 Å². The molecule has 4 aliphatic heterocycles. The number of amides is 4. The summed E-state index contributed by atoms with van der Waals surface area (Å²) in [6.07, 6.45) is 36.7. The lowest BCUT2D eigenvalue weighted by Gasteiger charge is -2.29. The van der Waals surface area contributed by atoms with E-state index >= 15 is 19.2 Å². The van der Waals surface area contributed by atoms with Gasteiger partial charge >= 0.3 is 0 Å². The Morgan fingerprint density at radius 3 is 0.794 bits per heavy atom. The fourth-order valence-corrected chi connectivity index (χ4v) is 27.7. The van der Waals surface area contributed by atoms with Crippen LogP contribution in [0.3, 0.4) is 0 Å². The fourth-order valence-electron chi connectivity index (χ4n) is 20.8. The largest absolute Gasteiger partial charge is 0.490 e. The van der Waals surface area contributed by atoms with E-state index in [0.717, 1.165) is 304 Å². The SMILES string of the molecule is CCCCCCc1ccc(-c2ccc(C3=C4C(=O)N(CC(CC)CCCC)C(c5ccc(-c6cc7c(-c8ccc(OC(CC)CCCC)cc8)c8sc(-c9ccc(C%10=C%11C(=O)N(CC(CC)CCCC)C(c%12ccc(-c%13ccc(CCCCCC)cc%13)s%12)=C%11C(=O)N%10CC(CC)CCCC)s9)cc8c(-c8ccc(OC(CC)CCCC)cc8)c7s6)s5)=C4C(=O)N3CC(CC)CCCC)s2)cc1. The van der Waals surface area contributed by atoms with E-state index in [9.17, 15) is 0 Å². The lowest BCUT2D eigenvalue weighted by molar-refractivity contribution is -0.124. The number of hydrogen-bond acceptors (Lipinski definition) is 12. The van der Waals surface area contributed by atoms with Gasteiger partial charge in [-0.3, -0.25) is 19.2 Å². The number of nitrogens with zero attached hydrogens (tertiary/aromatic N) is 4. The van der Waals surface area contributed by atoms with Gasteiger partial charge in [0.25, 0.3) is 23.6 Å². The van der Waals surface area contributed by atoms with Gasteiger partial charge in [-0.25, -0.2) is 0 Å². The molecule has 4 amide bonds. The molecule has 6 unspecified atom stereocenters. The Morgan fingerprint density at radius 2 is 0.515 bits per heavy atom. The molecule has 6 aromatic heterocycles. The molecule has 0 aliphatic carbocycles. The highest BCUT2D eigenvalue weighted by Crippen LogP contribution is 2.58. The number of carbonyl (C=O) groups excluding carboxylic acids is 4. The first kappa shape index (κ1) is 102. The highest BCUT2D eigenvalue weighted by Gasteiger charge is 2.52. The first-order valence-corrected chi connectivity index (χ1v) is 57.8. The molecule has 0 bridgehead atoms. The Morgan fingerprint density at radius 1 is 0.250 bits per heavy atom. The second-order valence-corrected chi connectivity index (χ2v) is 45.4. The van der Waals surface area contributed by atoms with Crippen LogP contribution in [0.15, 0.2) is 180 Å². The lowest BCUT2D eigenvalue weighted by Crippen LogP contribution is -2.34. The number of carbonyl (C=O) groups is 4. The van der Waals surface area contributed by atoms with Crippen LogP contribution in [0.2, 0.25) is 0 Å². The van der Waals surface area contributed by atoms with Crippen LogP contribution in [0.4, 0.5) is 0 Å². The van der Waals surface area contributed by atoms with E-state index < -0.39 is 0 Å². The summed E-state index contributed by atoms with van der Waals surface area (Å²) in [6, 6.07) is 58.6. The van der Waals surface area contributed by atoms with Crippen LogP contribution in [0.5, 0.6) is 11.5 Å². The van der Waals surface area contributed by atoms with Crippen LogP contribution in [-0.4, -0.2) is 81.6 Å². The van der Waals surface area contributed by atoms with Gasteiger partial charge in [0.15, 0.2) is 0 Å². The first-order valence-electron chi connectivity index (χ1n) is 52.9. The Balaban J connectivity index is 0.904. The zero-order chi connectivity index (χ0) is 95.5. The molecule has 0 N–H and O–H groups in total. The molecule has 6 atom stereocenters. The molecular weight excluding hydrogens is 1790 g/mol. The van der Waals surface area contributed by atoms with Crippen LogP contribution in [0.1, 0.15) is 333 Å². The first-order chi connectivity index (χ1) is 66.5. The molecular formula is C120H150N4O6S6. The normalized spacial score (nSPS) is 15.5. The predicted octanol–water partition coefficient (Wildman–Crippen LogP) is 35.8. The van der Waals surface area contributed by atoms with Gasteiger partial charge in [0.2, 0.25) is 0 Å². The molecule has 722 valence electrons. The third kappa shape index (κ3) is 22.8. The van der Waals surface area contributed by atoms with Crippen molar-refractivity contribution in [3.63, 3.8) is 0 Å². The number of ether oxygens (including phenoxy) is 2. The lowest BCUT2D eigenvalue weighted by atomic mass is 9.93. The van der Waals surface area contributed by atoms with E-state index in [1.54, 1.807) is 45.3 Å². The molecule has 0 spiro atoms. The van der Waals surface area contributed by atoms with Gasteiger partial charge in [-0.15, -0.1) is 68.0 Å². The van der Waals surface area contributed by atoms with Crippen LogP contribution in [0.25, 0.3) is 106 Å². The molecule has 10 heterocycles. The van der Waals surface area contributed by atoms with Crippen LogP contribution in [-0.2, 0) is 32.0 Å². The van der Waals surface area contributed by atoms with E-state index in [-0.39, 0.29) is 59.5 Å². The molecule has 5 aromatic carbocycles. The molecule has 10 nitrogen and oxygen atoms in total. The third-order valence-corrected chi connectivity index (χ3v) is 36.4. The monoisotopic (exact) mass is 1930 g/mol. The quantitative estimate of drug-likeness (QED) is 0.0352. The molecule has 0 saturated carbocycles. The molecule has 15 rings (SSSR count). The van der Waals surface area contributed by atoms with Crippen molar-refractivity contribution in [2.45, 2.75) is 327 Å². The summed E-state index contributed by atoms with van der Waals surface area (Å²) >= 11 is 10.5. The smallest absolute Gasteiger partial charge is 0.261 e. The van der Waals surface area contributed by atoms with Crippen molar-refractivity contribution >= 4 is 135 Å². The van der Waals surface area contributed by atoms with Crippen molar-refractivity contribution in [1.29, 1.82) is 0 Å². The predicted molar refractivity (Wildman–Crippen MR) is 586 cm³/mol. The number of unbranched alkanes of at least 4 members (excludes halogenated alkanes) is 12. The van der Waals surface area contributed by atoms with Gasteiger partial charge in [0.1, 0.15) is 11.5 Å². The molecule has 0 fully saturated rings. The minimum atomic E-state index is -0.0665. The van der Waals surface area contributed by atoms with Crippen molar-refractivity contribution in [1.82, 2.24) is 19.6 Å². The van der Waals surface area contributed by atoms with E-state index in [2.05, 4.69) is 255 Å². The Bertz CT molecular complexity index is 5580. The summed E-state index contributed by atoms with van der Waals surface area (Å²) < 4.78 is 16.0. The van der Waals surface area contributed by atoms with Gasteiger partial charge in [-0.2, -0.15) is 0 Å². The number of rotatable bonds is 56. The Labute approximate surface area is 838 Å². The maximum Gasteiger partial charge on any atom is 0.261 e. The van der Waals surface area contributed by atoms with Gasteiger partial charge in [0.05, 0.1) is 76.8 Å². The number of fused-ring (bicyclic) bond motifs is 4. The standard InChI is InChI=1S/C120H150N4O6S6/c1-15-29-37-39-45-83-49-53-85(54-50-83)95-65-69-99(131-95)111-107-109(119(127)121(111)75-79(23-9)41-31-17-3)113(123(117(107)125)77-81(25-11)43-33-19-5)101-71-67-97(133-101)103-73-93-105(87-57-61-91(62-58-87)129-89(27-13)47-35-21-7)116-94(106(115(93)135-103)88-59-63-92(64-60-88)130-90(28-14)48-36-22-8)74-104(136-116)98-68-72-102(134-98)114-110-108(118(126)124(114)78-82(26-12)44-34-20-6)112(122(120(110)128)76-80(24-10)42-32-18-4)100-70-66-96(132-100)86-55-51-84(52-56-86)46-40-38-30-16-2/h49-74,79-82,89-90H,15-48,75-78H2,1-14H3. The maximum absolute atomic E-state index is 16.4. The number of aryl methyl sites for hydroxylation is 2. The van der Waals surface area contributed by atoms with E-state index in [4.69, 9.17) is 9.47 Å². The van der Waals surface area contributed by atoms with E-state index in [1.165, 1.54) is 62.5 Å². The molecule has 4 aliphatic rings. The fraction of sp³-hybridized carbons (Fsp3) is 0.483. The summed E-state index contributed by atoms with van der Waals surface area (Å²) in [5.74, 6) is 2.46. The van der Waals surface area contributed by atoms with E-state index in [1.807, 2.05) is 42.3 Å². The van der Waals surface area contributed by atoms with Gasteiger partial charge in [-0.05, 0) is 219 Å². The maximum atomic E-state index is 16.4. The molecule has 0 radical (unpaired) electrons. The molecule has 16 heteroatoms. The van der Waals surface area contributed by atoms with Crippen molar-refractivity contribution in [3.05, 3.63) is 211 Å². The Hall–Kier alpha value is -8.74. The summed E-state index contributed by atoms with van der Waals surface area (Å²) in [4.78, 5) is 84.0. The molecule has 136 heavy (non-hydrogen) atoms. The van der Waals surface area contributed by atoms with Crippen molar-refractivity contribution in [2.75, 3.05) is 26.2 Å². The third-order valence-electron chi connectivity index (χ3n) is 29.3. The summed E-state index contributed by atoms with van der Waals surface area (Å²) in [5.41, 5.74) is 14.7. The zero-order valence-electron chi connectivity index (χ0n) is 84.0. The highest BCUT2D eigenvalue weighted by molar-refractivity contribution is 7.28. The molecule has 11 aromatic rings. The second-order valence-electron chi connectivity index (χ2n) is 39.0. The number of hydrogen-bond donors (Lipinski definition) is 0. The average molecular weight is 1940 g/mol. The second kappa shape index (κ2) is 48.9.